The van der Waals surface area contributed by atoms with E-state index < -0.39 is 15.5 Å². The topological polar surface area (TPSA) is 67.6 Å². The standard InChI is InChI=1S/C16H18ClNO4S/c1-10-5-15-13(7-14(10)17)11(6-16(19)22-15)8-18(2)12-3-4-23(20,21)9-12/h5-7,12H,3-4,8-9H2,1-2H3/t12-/m1/s1. The zero-order chi connectivity index (χ0) is 16.8. The summed E-state index contributed by atoms with van der Waals surface area (Å²) in [4.78, 5) is 13.8. The van der Waals surface area contributed by atoms with Gasteiger partial charge in [0, 0.05) is 29.1 Å². The molecule has 0 radical (unpaired) electrons. The molecule has 1 aromatic carbocycles. The zero-order valence-corrected chi connectivity index (χ0v) is 14.6. The fraction of sp³-hybridized carbons (Fsp3) is 0.438. The minimum atomic E-state index is -2.94. The molecule has 0 aliphatic carbocycles. The average molecular weight is 356 g/mol. The molecule has 2 aromatic rings. The highest BCUT2D eigenvalue weighted by molar-refractivity contribution is 7.91. The van der Waals surface area contributed by atoms with Crippen molar-refractivity contribution in [1.29, 1.82) is 0 Å². The summed E-state index contributed by atoms with van der Waals surface area (Å²) in [5.41, 5.74) is 1.73. The Labute approximate surface area is 139 Å². The molecule has 1 aliphatic heterocycles. The van der Waals surface area contributed by atoms with Crippen LogP contribution in [0.2, 0.25) is 5.02 Å². The van der Waals surface area contributed by atoms with E-state index in [2.05, 4.69) is 0 Å². The third-order valence-corrected chi connectivity index (χ3v) is 6.52. The van der Waals surface area contributed by atoms with E-state index in [1.807, 2.05) is 18.9 Å². The minimum absolute atomic E-state index is 0.0248. The number of benzene rings is 1. The first-order valence-electron chi connectivity index (χ1n) is 7.39. The molecule has 0 amide bonds. The molecule has 1 fully saturated rings. The Morgan fingerprint density at radius 2 is 2.09 bits per heavy atom. The summed E-state index contributed by atoms with van der Waals surface area (Å²) >= 11 is 6.19. The van der Waals surface area contributed by atoms with Crippen molar-refractivity contribution in [3.63, 3.8) is 0 Å². The second kappa shape index (κ2) is 5.92. The van der Waals surface area contributed by atoms with E-state index in [0.29, 0.717) is 23.6 Å². The first kappa shape index (κ1) is 16.5. The van der Waals surface area contributed by atoms with E-state index in [1.165, 1.54) is 6.07 Å². The second-order valence-corrected chi connectivity index (χ2v) is 8.80. The number of rotatable bonds is 3. The van der Waals surface area contributed by atoms with Gasteiger partial charge < -0.3 is 4.42 Å². The molecule has 2 heterocycles. The maximum atomic E-state index is 11.8. The Morgan fingerprint density at radius 1 is 1.35 bits per heavy atom. The van der Waals surface area contributed by atoms with Gasteiger partial charge in [0.05, 0.1) is 11.5 Å². The molecule has 1 atom stereocenters. The van der Waals surface area contributed by atoms with Crippen molar-refractivity contribution in [2.45, 2.75) is 25.9 Å². The molecule has 124 valence electrons. The highest BCUT2D eigenvalue weighted by atomic mass is 35.5. The van der Waals surface area contributed by atoms with Gasteiger partial charge in [0.25, 0.3) is 0 Å². The number of aryl methyl sites for hydroxylation is 1. The van der Waals surface area contributed by atoms with E-state index in [0.717, 1.165) is 16.5 Å². The van der Waals surface area contributed by atoms with Gasteiger partial charge in [-0.25, -0.2) is 13.2 Å². The number of fused-ring (bicyclic) bond motifs is 1. The fourth-order valence-corrected chi connectivity index (χ4v) is 4.97. The van der Waals surface area contributed by atoms with Crippen LogP contribution in [0.1, 0.15) is 17.5 Å². The lowest BCUT2D eigenvalue weighted by Crippen LogP contribution is -2.32. The van der Waals surface area contributed by atoms with Crippen molar-refractivity contribution >= 4 is 32.4 Å². The van der Waals surface area contributed by atoms with Crippen molar-refractivity contribution < 1.29 is 12.8 Å². The van der Waals surface area contributed by atoms with Gasteiger partial charge in [-0.2, -0.15) is 0 Å². The lowest BCUT2D eigenvalue weighted by Gasteiger charge is -2.23. The van der Waals surface area contributed by atoms with E-state index in [4.69, 9.17) is 16.0 Å². The molecule has 1 saturated heterocycles. The summed E-state index contributed by atoms with van der Waals surface area (Å²) in [6, 6.07) is 4.98. The van der Waals surface area contributed by atoms with Gasteiger partial charge in [-0.15, -0.1) is 0 Å². The number of hydrogen-bond acceptors (Lipinski definition) is 5. The predicted octanol–water partition coefficient (Wildman–Crippen LogP) is 2.37. The van der Waals surface area contributed by atoms with Crippen LogP contribution in [0.3, 0.4) is 0 Å². The van der Waals surface area contributed by atoms with Crippen LogP contribution in [0.25, 0.3) is 11.0 Å². The van der Waals surface area contributed by atoms with Crippen molar-refractivity contribution in [3.05, 3.63) is 44.8 Å². The Morgan fingerprint density at radius 3 is 2.74 bits per heavy atom. The molecule has 0 spiro atoms. The average Bonchev–Trinajstić information content (AvgIpc) is 2.81. The molecule has 0 saturated carbocycles. The Hall–Kier alpha value is -1.37. The number of halogens is 1. The summed E-state index contributed by atoms with van der Waals surface area (Å²) in [7, 11) is -1.06. The van der Waals surface area contributed by atoms with Crippen LogP contribution in [-0.4, -0.2) is 37.9 Å². The highest BCUT2D eigenvalue weighted by Gasteiger charge is 2.30. The maximum absolute atomic E-state index is 11.8. The molecule has 5 nitrogen and oxygen atoms in total. The van der Waals surface area contributed by atoms with Gasteiger partial charge in [0.2, 0.25) is 0 Å². The Balaban J connectivity index is 1.96. The van der Waals surface area contributed by atoms with Gasteiger partial charge in [-0.05, 0) is 43.7 Å². The van der Waals surface area contributed by atoms with Crippen LogP contribution in [-0.2, 0) is 16.4 Å². The Bertz CT molecular complexity index is 920. The monoisotopic (exact) mass is 355 g/mol. The molecular formula is C16H18ClNO4S. The molecule has 0 N–H and O–H groups in total. The molecule has 23 heavy (non-hydrogen) atoms. The van der Waals surface area contributed by atoms with E-state index in [9.17, 15) is 13.2 Å². The molecule has 0 bridgehead atoms. The van der Waals surface area contributed by atoms with Crippen LogP contribution in [0.4, 0.5) is 0 Å². The summed E-state index contributed by atoms with van der Waals surface area (Å²) in [6.07, 6.45) is 0.623. The second-order valence-electron chi connectivity index (χ2n) is 6.16. The zero-order valence-electron chi connectivity index (χ0n) is 13.0. The molecule has 1 aromatic heterocycles. The highest BCUT2D eigenvalue weighted by Crippen LogP contribution is 2.27. The summed E-state index contributed by atoms with van der Waals surface area (Å²) < 4.78 is 28.5. The van der Waals surface area contributed by atoms with Crippen LogP contribution in [0.15, 0.2) is 27.4 Å². The third kappa shape index (κ3) is 3.44. The van der Waals surface area contributed by atoms with Crippen molar-refractivity contribution in [3.8, 4) is 0 Å². The number of hydrogen-bond donors (Lipinski definition) is 0. The van der Waals surface area contributed by atoms with E-state index >= 15 is 0 Å². The maximum Gasteiger partial charge on any atom is 0.336 e. The van der Waals surface area contributed by atoms with Gasteiger partial charge >= 0.3 is 5.63 Å². The fourth-order valence-electron chi connectivity index (χ4n) is 3.00. The minimum Gasteiger partial charge on any atom is -0.423 e. The van der Waals surface area contributed by atoms with Crippen molar-refractivity contribution in [1.82, 2.24) is 4.90 Å². The van der Waals surface area contributed by atoms with Crippen LogP contribution in [0, 0.1) is 6.92 Å². The largest absolute Gasteiger partial charge is 0.423 e. The summed E-state index contributed by atoms with van der Waals surface area (Å²) in [6.45, 7) is 2.33. The van der Waals surface area contributed by atoms with E-state index in [1.54, 1.807) is 12.1 Å². The van der Waals surface area contributed by atoms with Crippen LogP contribution < -0.4 is 5.63 Å². The lowest BCUT2D eigenvalue weighted by atomic mass is 10.1. The van der Waals surface area contributed by atoms with Gasteiger partial charge in [0.15, 0.2) is 9.84 Å². The SMILES string of the molecule is Cc1cc2oc(=O)cc(CN(C)[C@@H]3CCS(=O)(=O)C3)c2cc1Cl. The first-order chi connectivity index (χ1) is 10.7. The summed E-state index contributed by atoms with van der Waals surface area (Å²) in [5, 5.41) is 1.40. The number of sulfone groups is 1. The predicted molar refractivity (Wildman–Crippen MR) is 90.8 cm³/mol. The summed E-state index contributed by atoms with van der Waals surface area (Å²) in [5.74, 6) is 0.396. The van der Waals surface area contributed by atoms with Gasteiger partial charge in [-0.3, -0.25) is 4.90 Å². The Kier molecular flexibility index (Phi) is 4.25. The van der Waals surface area contributed by atoms with Gasteiger partial charge in [-0.1, -0.05) is 11.6 Å². The molecule has 1 aliphatic rings. The first-order valence-corrected chi connectivity index (χ1v) is 9.59. The molecule has 0 unspecified atom stereocenters. The third-order valence-electron chi connectivity index (χ3n) is 4.36. The van der Waals surface area contributed by atoms with E-state index in [-0.39, 0.29) is 17.5 Å². The van der Waals surface area contributed by atoms with Gasteiger partial charge in [0.1, 0.15) is 5.58 Å². The quantitative estimate of drug-likeness (QED) is 0.791. The lowest BCUT2D eigenvalue weighted by molar-refractivity contribution is 0.254. The number of nitrogens with zero attached hydrogens (tertiary/aromatic N) is 1. The molecule has 3 rings (SSSR count). The molecular weight excluding hydrogens is 338 g/mol. The van der Waals surface area contributed by atoms with Crippen molar-refractivity contribution in [2.75, 3.05) is 18.6 Å². The molecule has 7 heteroatoms. The van der Waals surface area contributed by atoms with Crippen LogP contribution >= 0.6 is 11.6 Å². The normalized spacial score (nSPS) is 20.4. The van der Waals surface area contributed by atoms with Crippen LogP contribution in [0.5, 0.6) is 0 Å². The van der Waals surface area contributed by atoms with Crippen molar-refractivity contribution in [2.24, 2.45) is 0 Å². The smallest absolute Gasteiger partial charge is 0.336 e.